The second-order valence-corrected chi connectivity index (χ2v) is 4.71. The second kappa shape index (κ2) is 6.18. The third-order valence-corrected chi connectivity index (χ3v) is 2.97. The number of nitrogens with zero attached hydrogens (tertiary/aromatic N) is 2. The van der Waals surface area contributed by atoms with Crippen LogP contribution in [0.2, 0.25) is 0 Å². The summed E-state index contributed by atoms with van der Waals surface area (Å²) in [5.41, 5.74) is 2.23. The van der Waals surface area contributed by atoms with Crippen LogP contribution >= 0.6 is 0 Å². The number of rotatable bonds is 5. The first-order chi connectivity index (χ1) is 9.17. The van der Waals surface area contributed by atoms with Crippen LogP contribution in [0.1, 0.15) is 25.8 Å². The van der Waals surface area contributed by atoms with Crippen molar-refractivity contribution in [3.8, 4) is 0 Å². The summed E-state index contributed by atoms with van der Waals surface area (Å²) in [5, 5.41) is 6.54. The molecule has 0 radical (unpaired) electrons. The van der Waals surface area contributed by atoms with Crippen LogP contribution in [0.15, 0.2) is 36.5 Å². The minimum Gasteiger partial charge on any atom is -0.367 e. The Hall–Kier alpha value is -2.10. The van der Waals surface area contributed by atoms with Crippen molar-refractivity contribution >= 4 is 17.5 Å². The van der Waals surface area contributed by atoms with Crippen molar-refractivity contribution in [3.05, 3.63) is 42.1 Å². The summed E-state index contributed by atoms with van der Waals surface area (Å²) in [6, 6.07) is 10.4. The van der Waals surface area contributed by atoms with Gasteiger partial charge in [0.05, 0.1) is 0 Å². The van der Waals surface area contributed by atoms with Crippen molar-refractivity contribution in [1.29, 1.82) is 0 Å². The van der Waals surface area contributed by atoms with Gasteiger partial charge < -0.3 is 10.6 Å². The average molecular weight is 256 g/mol. The number of benzene rings is 1. The fraction of sp³-hybridized carbons (Fsp3) is 0.333. The lowest BCUT2D eigenvalue weighted by Crippen LogP contribution is -2.14. The molecule has 0 saturated heterocycles. The fourth-order valence-electron chi connectivity index (χ4n) is 1.62. The van der Waals surface area contributed by atoms with E-state index in [1.807, 2.05) is 18.2 Å². The lowest BCUT2D eigenvalue weighted by Gasteiger charge is -2.12. The van der Waals surface area contributed by atoms with Gasteiger partial charge in [-0.3, -0.25) is 0 Å². The summed E-state index contributed by atoms with van der Waals surface area (Å²) < 4.78 is 0. The van der Waals surface area contributed by atoms with E-state index in [1.165, 1.54) is 5.56 Å². The molecule has 1 aromatic carbocycles. The normalized spacial score (nSPS) is 11.9. The van der Waals surface area contributed by atoms with Gasteiger partial charge in [0.2, 0.25) is 5.95 Å². The lowest BCUT2D eigenvalue weighted by molar-refractivity contribution is 0.758. The second-order valence-electron chi connectivity index (χ2n) is 4.71. The highest BCUT2D eigenvalue weighted by Gasteiger charge is 2.02. The monoisotopic (exact) mass is 256 g/mol. The Morgan fingerprint density at radius 2 is 1.89 bits per heavy atom. The van der Waals surface area contributed by atoms with E-state index in [4.69, 9.17) is 0 Å². The number of anilines is 3. The quantitative estimate of drug-likeness (QED) is 0.855. The molecule has 1 heterocycles. The molecule has 0 aliphatic heterocycles. The Morgan fingerprint density at radius 1 is 1.16 bits per heavy atom. The smallest absolute Gasteiger partial charge is 0.229 e. The van der Waals surface area contributed by atoms with E-state index in [2.05, 4.69) is 53.5 Å². The Morgan fingerprint density at radius 3 is 2.58 bits per heavy atom. The highest BCUT2D eigenvalue weighted by Crippen LogP contribution is 2.15. The van der Waals surface area contributed by atoms with E-state index >= 15 is 0 Å². The predicted octanol–water partition coefficient (Wildman–Crippen LogP) is 3.74. The maximum atomic E-state index is 4.45. The molecule has 2 rings (SSSR count). The molecule has 4 heteroatoms. The molecule has 0 aliphatic carbocycles. The maximum absolute atomic E-state index is 4.45. The zero-order valence-electron chi connectivity index (χ0n) is 11.6. The standard InChI is InChI=1S/C15H20N4/c1-4-12(3)17-14-9-10-16-15(19-14)18-13-7-5-11(2)6-8-13/h5-10,12H,4H2,1-3H3,(H2,16,17,18,19). The van der Waals surface area contributed by atoms with Gasteiger partial charge in [0.25, 0.3) is 0 Å². The highest BCUT2D eigenvalue weighted by molar-refractivity contribution is 5.55. The van der Waals surface area contributed by atoms with Crippen LogP contribution in [0.3, 0.4) is 0 Å². The van der Waals surface area contributed by atoms with Crippen LogP contribution in [0, 0.1) is 6.92 Å². The van der Waals surface area contributed by atoms with Crippen LogP contribution in [0.4, 0.5) is 17.5 Å². The number of aromatic nitrogens is 2. The average Bonchev–Trinajstić information content (AvgIpc) is 2.42. The van der Waals surface area contributed by atoms with Gasteiger partial charge in [0.15, 0.2) is 0 Å². The van der Waals surface area contributed by atoms with Crippen molar-refractivity contribution in [1.82, 2.24) is 9.97 Å². The van der Waals surface area contributed by atoms with Gasteiger partial charge in [0, 0.05) is 17.9 Å². The molecule has 1 unspecified atom stereocenters. The summed E-state index contributed by atoms with van der Waals surface area (Å²) in [6.45, 7) is 6.34. The Kier molecular flexibility index (Phi) is 4.34. The number of aryl methyl sites for hydroxylation is 1. The van der Waals surface area contributed by atoms with Crippen molar-refractivity contribution in [2.45, 2.75) is 33.2 Å². The molecule has 19 heavy (non-hydrogen) atoms. The highest BCUT2D eigenvalue weighted by atomic mass is 15.1. The van der Waals surface area contributed by atoms with Gasteiger partial charge in [-0.25, -0.2) is 4.98 Å². The number of nitrogens with one attached hydrogen (secondary N) is 2. The molecule has 0 bridgehead atoms. The zero-order chi connectivity index (χ0) is 13.7. The largest absolute Gasteiger partial charge is 0.367 e. The lowest BCUT2D eigenvalue weighted by atomic mass is 10.2. The summed E-state index contributed by atoms with van der Waals surface area (Å²) >= 11 is 0. The van der Waals surface area contributed by atoms with Crippen molar-refractivity contribution < 1.29 is 0 Å². The molecular weight excluding hydrogens is 236 g/mol. The molecule has 100 valence electrons. The molecule has 0 saturated carbocycles. The third kappa shape index (κ3) is 3.95. The van der Waals surface area contributed by atoms with E-state index in [1.54, 1.807) is 6.20 Å². The van der Waals surface area contributed by atoms with Crippen LogP contribution in [0.5, 0.6) is 0 Å². The number of hydrogen-bond acceptors (Lipinski definition) is 4. The fourth-order valence-corrected chi connectivity index (χ4v) is 1.62. The molecule has 1 aromatic heterocycles. The topological polar surface area (TPSA) is 49.8 Å². The molecule has 0 aliphatic rings. The first-order valence-corrected chi connectivity index (χ1v) is 6.60. The van der Waals surface area contributed by atoms with E-state index in [0.717, 1.165) is 17.9 Å². The van der Waals surface area contributed by atoms with Crippen molar-refractivity contribution in [2.75, 3.05) is 10.6 Å². The molecule has 0 spiro atoms. The summed E-state index contributed by atoms with van der Waals surface area (Å²) in [7, 11) is 0. The van der Waals surface area contributed by atoms with Gasteiger partial charge >= 0.3 is 0 Å². The van der Waals surface area contributed by atoms with Gasteiger partial charge in [-0.05, 0) is 38.5 Å². The summed E-state index contributed by atoms with van der Waals surface area (Å²) in [4.78, 5) is 8.67. The van der Waals surface area contributed by atoms with Crippen LogP contribution in [-0.2, 0) is 0 Å². The van der Waals surface area contributed by atoms with Crippen molar-refractivity contribution in [3.63, 3.8) is 0 Å². The van der Waals surface area contributed by atoms with Crippen LogP contribution < -0.4 is 10.6 Å². The van der Waals surface area contributed by atoms with Crippen molar-refractivity contribution in [2.24, 2.45) is 0 Å². The number of hydrogen-bond donors (Lipinski definition) is 2. The van der Waals surface area contributed by atoms with E-state index < -0.39 is 0 Å². The predicted molar refractivity (Wildman–Crippen MR) is 79.9 cm³/mol. The summed E-state index contributed by atoms with van der Waals surface area (Å²) in [5.74, 6) is 1.45. The summed E-state index contributed by atoms with van der Waals surface area (Å²) in [6.07, 6.45) is 2.82. The molecule has 4 nitrogen and oxygen atoms in total. The van der Waals surface area contributed by atoms with Crippen LogP contribution in [0.25, 0.3) is 0 Å². The molecule has 1 atom stereocenters. The van der Waals surface area contributed by atoms with Gasteiger partial charge in [0.1, 0.15) is 5.82 Å². The SMILES string of the molecule is CCC(C)Nc1ccnc(Nc2ccc(C)cc2)n1. The van der Waals surface area contributed by atoms with E-state index in [-0.39, 0.29) is 0 Å². The molecule has 0 fully saturated rings. The Labute approximate surface area is 114 Å². The first kappa shape index (κ1) is 13.3. The Balaban J connectivity index is 2.08. The maximum Gasteiger partial charge on any atom is 0.229 e. The zero-order valence-corrected chi connectivity index (χ0v) is 11.6. The third-order valence-electron chi connectivity index (χ3n) is 2.97. The van der Waals surface area contributed by atoms with Gasteiger partial charge in [-0.1, -0.05) is 24.6 Å². The minimum absolute atomic E-state index is 0.405. The molecule has 2 N–H and O–H groups in total. The molecule has 0 amide bonds. The molecular formula is C15H20N4. The Bertz CT molecular complexity index is 522. The van der Waals surface area contributed by atoms with Crippen LogP contribution in [-0.4, -0.2) is 16.0 Å². The van der Waals surface area contributed by atoms with E-state index in [9.17, 15) is 0 Å². The minimum atomic E-state index is 0.405. The first-order valence-electron chi connectivity index (χ1n) is 6.60. The van der Waals surface area contributed by atoms with E-state index in [0.29, 0.717) is 12.0 Å². The van der Waals surface area contributed by atoms with Gasteiger partial charge in [-0.2, -0.15) is 4.98 Å². The molecule has 2 aromatic rings. The van der Waals surface area contributed by atoms with Gasteiger partial charge in [-0.15, -0.1) is 0 Å².